The number of methoxy groups -OCH3 is 1. The lowest BCUT2D eigenvalue weighted by molar-refractivity contribution is 0.0944. The Morgan fingerprint density at radius 2 is 1.30 bits per heavy atom. The minimum absolute atomic E-state index is 0.0733. The van der Waals surface area contributed by atoms with Gasteiger partial charge in [0.15, 0.2) is 11.6 Å². The smallest absolute Gasteiger partial charge is 0.162 e. The van der Waals surface area contributed by atoms with Gasteiger partial charge in [-0.2, -0.15) is 0 Å². The molecular weight excluding hydrogens is 421 g/mol. The first-order valence-electron chi connectivity index (χ1n) is 12.7. The van der Waals surface area contributed by atoms with Gasteiger partial charge in [0.05, 0.1) is 0 Å². The van der Waals surface area contributed by atoms with Gasteiger partial charge in [-0.3, -0.25) is 0 Å². The molecule has 0 saturated heterocycles. The molecule has 2 unspecified atom stereocenters. The monoisotopic (exact) mass is 458 g/mol. The van der Waals surface area contributed by atoms with E-state index in [-0.39, 0.29) is 23.6 Å². The Morgan fingerprint density at radius 3 is 1.79 bits per heavy atom. The van der Waals surface area contributed by atoms with Crippen molar-refractivity contribution >= 4 is 0 Å². The molecule has 0 aliphatic heterocycles. The lowest BCUT2D eigenvalue weighted by Gasteiger charge is -2.30. The molecule has 0 radical (unpaired) electrons. The standard InChI is InChI=1S/C29H37F3O/c1-3-19-6-11-22(12-7-19)24-15-16-25(29(32)28(24)31)23-13-8-20(9-14-23)4-5-21-10-17-27(33-2)26(30)18-21/h3-5,15-16,18-23,27H,1,6-14,17H2,2H3/b5-4+. The Labute approximate surface area is 196 Å². The molecule has 2 fully saturated rings. The Kier molecular flexibility index (Phi) is 8.16. The summed E-state index contributed by atoms with van der Waals surface area (Å²) in [6.07, 6.45) is 16.6. The van der Waals surface area contributed by atoms with E-state index in [1.807, 2.05) is 18.2 Å². The molecule has 2 saturated carbocycles. The molecule has 0 amide bonds. The van der Waals surface area contributed by atoms with Crippen LogP contribution in [0.3, 0.4) is 0 Å². The highest BCUT2D eigenvalue weighted by Crippen LogP contribution is 2.42. The Hall–Kier alpha value is -1.81. The summed E-state index contributed by atoms with van der Waals surface area (Å²) in [5.41, 5.74) is 1.10. The maximum Gasteiger partial charge on any atom is 0.162 e. The van der Waals surface area contributed by atoms with Gasteiger partial charge in [0, 0.05) is 7.11 Å². The summed E-state index contributed by atoms with van der Waals surface area (Å²) in [5.74, 6) is -0.192. The zero-order chi connectivity index (χ0) is 23.4. The summed E-state index contributed by atoms with van der Waals surface area (Å²) < 4.78 is 49.2. The number of rotatable bonds is 6. The zero-order valence-electron chi connectivity index (χ0n) is 19.7. The number of allylic oxidation sites excluding steroid dienone is 4. The van der Waals surface area contributed by atoms with Crippen LogP contribution in [0.5, 0.6) is 0 Å². The molecule has 4 rings (SSSR count). The molecule has 3 aliphatic carbocycles. The number of hydrogen-bond donors (Lipinski definition) is 0. The van der Waals surface area contributed by atoms with Crippen LogP contribution < -0.4 is 0 Å². The van der Waals surface area contributed by atoms with Gasteiger partial charge in [-0.25, -0.2) is 13.2 Å². The second-order valence-electron chi connectivity index (χ2n) is 10.2. The number of benzene rings is 1. The number of hydrogen-bond acceptors (Lipinski definition) is 1. The van der Waals surface area contributed by atoms with Crippen molar-refractivity contribution in [3.05, 3.63) is 71.6 Å². The van der Waals surface area contributed by atoms with Crippen LogP contribution in [-0.2, 0) is 4.74 Å². The van der Waals surface area contributed by atoms with Crippen LogP contribution in [-0.4, -0.2) is 13.2 Å². The van der Waals surface area contributed by atoms with Crippen molar-refractivity contribution in [2.24, 2.45) is 17.8 Å². The summed E-state index contributed by atoms with van der Waals surface area (Å²) in [7, 11) is 1.54. The molecule has 0 heterocycles. The maximum absolute atomic E-state index is 15.1. The van der Waals surface area contributed by atoms with Gasteiger partial charge >= 0.3 is 0 Å². The molecule has 1 aromatic rings. The summed E-state index contributed by atoms with van der Waals surface area (Å²) in [4.78, 5) is 0. The van der Waals surface area contributed by atoms with E-state index in [0.29, 0.717) is 29.4 Å². The van der Waals surface area contributed by atoms with Crippen LogP contribution >= 0.6 is 0 Å². The summed E-state index contributed by atoms with van der Waals surface area (Å²) in [6, 6.07) is 3.69. The quantitative estimate of drug-likeness (QED) is 0.388. The Balaban J connectivity index is 1.34. The van der Waals surface area contributed by atoms with Crippen molar-refractivity contribution in [1.29, 1.82) is 0 Å². The van der Waals surface area contributed by atoms with E-state index in [1.165, 1.54) is 0 Å². The van der Waals surface area contributed by atoms with E-state index in [9.17, 15) is 4.39 Å². The molecule has 33 heavy (non-hydrogen) atoms. The van der Waals surface area contributed by atoms with Crippen molar-refractivity contribution in [3.8, 4) is 0 Å². The van der Waals surface area contributed by atoms with Crippen molar-refractivity contribution in [3.63, 3.8) is 0 Å². The second-order valence-corrected chi connectivity index (χ2v) is 10.2. The van der Waals surface area contributed by atoms with Crippen LogP contribution in [0.4, 0.5) is 13.2 Å². The van der Waals surface area contributed by atoms with Gasteiger partial charge in [-0.1, -0.05) is 30.4 Å². The molecule has 1 aromatic carbocycles. The van der Waals surface area contributed by atoms with Crippen molar-refractivity contribution in [1.82, 2.24) is 0 Å². The molecule has 0 aromatic heterocycles. The highest BCUT2D eigenvalue weighted by atomic mass is 19.2. The third kappa shape index (κ3) is 5.65. The average Bonchev–Trinajstić information content (AvgIpc) is 2.85. The largest absolute Gasteiger partial charge is 0.374 e. The highest BCUT2D eigenvalue weighted by Gasteiger charge is 2.29. The first-order valence-corrected chi connectivity index (χ1v) is 12.7. The van der Waals surface area contributed by atoms with Gasteiger partial charge in [0.1, 0.15) is 11.9 Å². The van der Waals surface area contributed by atoms with E-state index < -0.39 is 17.7 Å². The lowest BCUT2D eigenvalue weighted by atomic mass is 9.76. The SMILES string of the molecule is C=CC1CCC(c2ccc(C3CCC(/C=C/C4C=C(F)C(OC)CC4)CC3)c(F)c2F)CC1. The van der Waals surface area contributed by atoms with Crippen LogP contribution in [0, 0.1) is 29.4 Å². The minimum Gasteiger partial charge on any atom is -0.374 e. The third-order valence-electron chi connectivity index (χ3n) is 8.26. The van der Waals surface area contributed by atoms with Gasteiger partial charge < -0.3 is 4.74 Å². The van der Waals surface area contributed by atoms with E-state index >= 15 is 8.78 Å². The molecule has 1 nitrogen and oxygen atoms in total. The van der Waals surface area contributed by atoms with Gasteiger partial charge in [0.2, 0.25) is 0 Å². The van der Waals surface area contributed by atoms with Crippen LogP contribution in [0.2, 0.25) is 0 Å². The average molecular weight is 459 g/mol. The van der Waals surface area contributed by atoms with E-state index in [2.05, 4.69) is 18.7 Å². The van der Waals surface area contributed by atoms with Gasteiger partial charge in [-0.15, -0.1) is 6.58 Å². The zero-order valence-corrected chi connectivity index (χ0v) is 19.7. The molecule has 0 spiro atoms. The number of ether oxygens (including phenoxy) is 1. The van der Waals surface area contributed by atoms with E-state index in [1.54, 1.807) is 13.2 Å². The van der Waals surface area contributed by atoms with E-state index in [4.69, 9.17) is 4.74 Å². The molecule has 180 valence electrons. The molecule has 0 N–H and O–H groups in total. The van der Waals surface area contributed by atoms with Crippen molar-refractivity contribution in [2.75, 3.05) is 7.11 Å². The fourth-order valence-electron chi connectivity index (χ4n) is 6.06. The lowest BCUT2D eigenvalue weighted by Crippen LogP contribution is -2.18. The normalized spacial score (nSPS) is 33.2. The first-order chi connectivity index (χ1) is 16.0. The minimum atomic E-state index is -0.632. The van der Waals surface area contributed by atoms with Crippen LogP contribution in [0.15, 0.2) is 48.8 Å². The topological polar surface area (TPSA) is 9.23 Å². The molecule has 4 heteroatoms. The Morgan fingerprint density at radius 1 is 0.758 bits per heavy atom. The predicted molar refractivity (Wildman–Crippen MR) is 128 cm³/mol. The predicted octanol–water partition coefficient (Wildman–Crippen LogP) is 8.53. The van der Waals surface area contributed by atoms with Gasteiger partial charge in [0.25, 0.3) is 0 Å². The fraction of sp³-hybridized carbons (Fsp3) is 0.586. The van der Waals surface area contributed by atoms with Crippen LogP contribution in [0.1, 0.15) is 87.2 Å². The number of halogens is 3. The second kappa shape index (κ2) is 11.1. The fourth-order valence-corrected chi connectivity index (χ4v) is 6.06. The maximum atomic E-state index is 15.1. The first kappa shape index (κ1) is 24.3. The molecular formula is C29H37F3O. The summed E-state index contributed by atoms with van der Waals surface area (Å²) in [5, 5.41) is 0. The van der Waals surface area contributed by atoms with Gasteiger partial charge in [-0.05, 0) is 111 Å². The Bertz CT molecular complexity index is 873. The van der Waals surface area contributed by atoms with Crippen molar-refractivity contribution < 1.29 is 17.9 Å². The highest BCUT2D eigenvalue weighted by molar-refractivity contribution is 5.32. The van der Waals surface area contributed by atoms with Crippen molar-refractivity contribution in [2.45, 2.75) is 82.1 Å². The van der Waals surface area contributed by atoms with Crippen LogP contribution in [0.25, 0.3) is 0 Å². The molecule has 2 atom stereocenters. The summed E-state index contributed by atoms with van der Waals surface area (Å²) >= 11 is 0. The summed E-state index contributed by atoms with van der Waals surface area (Å²) in [6.45, 7) is 3.87. The third-order valence-corrected chi connectivity index (χ3v) is 8.26. The molecule has 0 bridgehead atoms. The van der Waals surface area contributed by atoms with E-state index in [0.717, 1.165) is 57.8 Å². The molecule has 3 aliphatic rings.